The van der Waals surface area contributed by atoms with E-state index in [1.165, 1.54) is 16.7 Å². The highest BCUT2D eigenvalue weighted by atomic mass is 32.2. The Morgan fingerprint density at radius 3 is 2.56 bits per heavy atom. The summed E-state index contributed by atoms with van der Waals surface area (Å²) in [5.41, 5.74) is -0.564. The molecule has 2 atom stereocenters. The third-order valence-corrected chi connectivity index (χ3v) is 4.60. The summed E-state index contributed by atoms with van der Waals surface area (Å²) in [5.74, 6) is -0.611. The Balaban J connectivity index is 2.82. The molecule has 0 aromatic rings. The molecule has 1 aliphatic heterocycles. The molecule has 1 N–H and O–H groups in total. The maximum Gasteiger partial charge on any atom is 0.327 e. The fraction of sp³-hybridized carbons (Fsp3) is 0.833. The van der Waals surface area contributed by atoms with E-state index in [0.717, 1.165) is 6.42 Å². The van der Waals surface area contributed by atoms with Gasteiger partial charge in [0.05, 0.1) is 17.4 Å². The maximum absolute atomic E-state index is 12.3. The van der Waals surface area contributed by atoms with E-state index in [1.54, 1.807) is 7.11 Å². The minimum absolute atomic E-state index is 0.0359. The van der Waals surface area contributed by atoms with Crippen molar-refractivity contribution in [2.75, 3.05) is 12.9 Å². The zero-order valence-corrected chi connectivity index (χ0v) is 12.1. The van der Waals surface area contributed by atoms with E-state index < -0.39 is 17.6 Å². The van der Waals surface area contributed by atoms with Gasteiger partial charge >= 0.3 is 5.97 Å². The highest BCUT2D eigenvalue weighted by Gasteiger charge is 2.41. The molecule has 0 aromatic heterocycles. The van der Waals surface area contributed by atoms with Crippen molar-refractivity contribution in [2.45, 2.75) is 50.6 Å². The number of nitrogens with zero attached hydrogens (tertiary/aromatic N) is 1. The summed E-state index contributed by atoms with van der Waals surface area (Å²) < 4.78 is 5.23. The van der Waals surface area contributed by atoms with Crippen molar-refractivity contribution in [1.82, 2.24) is 4.90 Å². The molecule has 0 radical (unpaired) electrons. The number of thioether (sulfide) groups is 1. The minimum atomic E-state index is -0.929. The molecule has 0 aromatic carbocycles. The van der Waals surface area contributed by atoms with Crippen LogP contribution in [0.4, 0.5) is 0 Å². The molecular weight excluding hydrogens is 254 g/mol. The lowest BCUT2D eigenvalue weighted by Gasteiger charge is -2.30. The Hall–Kier alpha value is -0.750. The van der Waals surface area contributed by atoms with Gasteiger partial charge in [0, 0.05) is 12.9 Å². The van der Waals surface area contributed by atoms with Gasteiger partial charge in [-0.25, -0.2) is 4.79 Å². The number of rotatable bonds is 5. The molecule has 2 unspecified atom stereocenters. The van der Waals surface area contributed by atoms with Gasteiger partial charge in [0.15, 0.2) is 0 Å². The van der Waals surface area contributed by atoms with Gasteiger partial charge in [-0.2, -0.15) is 0 Å². The van der Waals surface area contributed by atoms with Crippen molar-refractivity contribution in [2.24, 2.45) is 0 Å². The molecule has 0 saturated carbocycles. The molecule has 6 heteroatoms. The summed E-state index contributed by atoms with van der Waals surface area (Å²) in [5, 5.41) is 9.13. The van der Waals surface area contributed by atoms with Gasteiger partial charge in [-0.05, 0) is 20.3 Å². The van der Waals surface area contributed by atoms with E-state index in [0.29, 0.717) is 5.75 Å². The summed E-state index contributed by atoms with van der Waals surface area (Å²) in [6, 6.07) is -0.708. The number of ether oxygens (including phenoxy) is 1. The molecule has 104 valence electrons. The molecule has 1 aliphatic rings. The fourth-order valence-electron chi connectivity index (χ4n) is 1.93. The van der Waals surface area contributed by atoms with Gasteiger partial charge in [0.25, 0.3) is 0 Å². The fourth-order valence-corrected chi connectivity index (χ4v) is 3.30. The highest BCUT2D eigenvalue weighted by Crippen LogP contribution is 2.33. The molecule has 0 bridgehead atoms. The smallest absolute Gasteiger partial charge is 0.327 e. The predicted octanol–water partition coefficient (Wildman–Crippen LogP) is 1.57. The molecular formula is C12H21NO4S. The van der Waals surface area contributed by atoms with Crippen LogP contribution in [-0.4, -0.2) is 51.8 Å². The predicted molar refractivity (Wildman–Crippen MR) is 70.5 cm³/mol. The lowest BCUT2D eigenvalue weighted by atomic mass is 10.0. The van der Waals surface area contributed by atoms with Crippen LogP contribution in [0.3, 0.4) is 0 Å². The summed E-state index contributed by atoms with van der Waals surface area (Å²) in [6.45, 7) is 5.61. The van der Waals surface area contributed by atoms with Crippen molar-refractivity contribution in [3.63, 3.8) is 0 Å². The van der Waals surface area contributed by atoms with Crippen molar-refractivity contribution in [3.05, 3.63) is 0 Å². The first kappa shape index (κ1) is 15.3. The minimum Gasteiger partial charge on any atom is -0.480 e. The normalized spacial score (nSPS) is 24.3. The van der Waals surface area contributed by atoms with Crippen LogP contribution in [0.25, 0.3) is 0 Å². The van der Waals surface area contributed by atoms with E-state index in [-0.39, 0.29) is 17.7 Å². The number of carbonyl (C=O) groups excluding carboxylic acids is 1. The van der Waals surface area contributed by atoms with Crippen LogP contribution in [0.2, 0.25) is 0 Å². The Labute approximate surface area is 112 Å². The second kappa shape index (κ2) is 5.93. The van der Waals surface area contributed by atoms with Crippen LogP contribution in [-0.2, 0) is 14.3 Å². The Morgan fingerprint density at radius 1 is 1.50 bits per heavy atom. The van der Waals surface area contributed by atoms with E-state index in [9.17, 15) is 9.59 Å². The summed E-state index contributed by atoms with van der Waals surface area (Å²) in [4.78, 5) is 25.0. The van der Waals surface area contributed by atoms with E-state index >= 15 is 0 Å². The zero-order chi connectivity index (χ0) is 13.9. The summed E-state index contributed by atoms with van der Waals surface area (Å²) >= 11 is 1.53. The third-order valence-electron chi connectivity index (χ3n) is 3.14. The second-order valence-corrected chi connectivity index (χ2v) is 6.20. The van der Waals surface area contributed by atoms with Gasteiger partial charge in [-0.15, -0.1) is 11.8 Å². The number of carboxylic acid groups (broad SMARTS) is 1. The monoisotopic (exact) mass is 275 g/mol. The number of hydrogen-bond acceptors (Lipinski definition) is 4. The SMILES string of the molecule is CCC1SCC(C(=O)O)N1C(=O)CC(C)(C)OC. The quantitative estimate of drug-likeness (QED) is 0.825. The lowest BCUT2D eigenvalue weighted by molar-refractivity contribution is -0.151. The van der Waals surface area contributed by atoms with E-state index in [2.05, 4.69) is 0 Å². The molecule has 1 fully saturated rings. The maximum atomic E-state index is 12.3. The van der Waals surface area contributed by atoms with Crippen molar-refractivity contribution >= 4 is 23.6 Å². The van der Waals surface area contributed by atoms with Crippen LogP contribution in [0.5, 0.6) is 0 Å². The van der Waals surface area contributed by atoms with Gasteiger partial charge in [0.2, 0.25) is 5.91 Å². The number of hydrogen-bond donors (Lipinski definition) is 1. The van der Waals surface area contributed by atoms with E-state index in [1.807, 2.05) is 20.8 Å². The molecule has 0 aliphatic carbocycles. The van der Waals surface area contributed by atoms with Crippen LogP contribution < -0.4 is 0 Å². The Bertz CT molecular complexity index is 332. The first-order chi connectivity index (χ1) is 8.32. The average molecular weight is 275 g/mol. The zero-order valence-electron chi connectivity index (χ0n) is 11.3. The van der Waals surface area contributed by atoms with Gasteiger partial charge < -0.3 is 14.7 Å². The lowest BCUT2D eigenvalue weighted by Crippen LogP contribution is -2.47. The standard InChI is InChI=1S/C12H21NO4S/c1-5-10-13(8(7-18-10)11(15)16)9(14)6-12(2,3)17-4/h8,10H,5-7H2,1-4H3,(H,15,16). The average Bonchev–Trinajstić information content (AvgIpc) is 2.72. The van der Waals surface area contributed by atoms with Gasteiger partial charge in [-0.3, -0.25) is 4.79 Å². The highest BCUT2D eigenvalue weighted by molar-refractivity contribution is 8.00. The molecule has 1 amide bonds. The van der Waals surface area contributed by atoms with Crippen LogP contribution >= 0.6 is 11.8 Å². The molecule has 18 heavy (non-hydrogen) atoms. The molecule has 1 rings (SSSR count). The summed E-state index contributed by atoms with van der Waals surface area (Å²) in [6.07, 6.45) is 0.956. The Morgan fingerprint density at radius 2 is 2.11 bits per heavy atom. The first-order valence-corrected chi connectivity index (χ1v) is 7.08. The van der Waals surface area contributed by atoms with Crippen LogP contribution in [0.1, 0.15) is 33.6 Å². The molecule has 1 saturated heterocycles. The number of carbonyl (C=O) groups is 2. The topological polar surface area (TPSA) is 66.8 Å². The largest absolute Gasteiger partial charge is 0.480 e. The van der Waals surface area contributed by atoms with Gasteiger partial charge in [-0.1, -0.05) is 6.92 Å². The third kappa shape index (κ3) is 3.38. The molecule has 1 heterocycles. The molecule has 0 spiro atoms. The Kier molecular flexibility index (Phi) is 5.04. The van der Waals surface area contributed by atoms with Crippen LogP contribution in [0.15, 0.2) is 0 Å². The number of carboxylic acids is 1. The van der Waals surface area contributed by atoms with Crippen LogP contribution in [0, 0.1) is 0 Å². The summed E-state index contributed by atoms with van der Waals surface area (Å²) in [7, 11) is 1.55. The van der Waals surface area contributed by atoms with Crippen molar-refractivity contribution < 1.29 is 19.4 Å². The van der Waals surface area contributed by atoms with Gasteiger partial charge in [0.1, 0.15) is 6.04 Å². The van der Waals surface area contributed by atoms with Crippen molar-refractivity contribution in [3.8, 4) is 0 Å². The first-order valence-electron chi connectivity index (χ1n) is 6.03. The number of methoxy groups -OCH3 is 1. The number of amides is 1. The second-order valence-electron chi connectivity index (χ2n) is 4.99. The van der Waals surface area contributed by atoms with Crippen molar-refractivity contribution in [1.29, 1.82) is 0 Å². The number of aliphatic carboxylic acids is 1. The van der Waals surface area contributed by atoms with E-state index in [4.69, 9.17) is 9.84 Å². The molecule has 5 nitrogen and oxygen atoms in total.